The van der Waals surface area contributed by atoms with Gasteiger partial charge in [-0.3, -0.25) is 19.9 Å². The van der Waals surface area contributed by atoms with Crippen molar-refractivity contribution in [3.8, 4) is 73.8 Å². The molecule has 5 N–H and O–H groups in total. The van der Waals surface area contributed by atoms with Gasteiger partial charge in [-0.15, -0.1) is 23.5 Å². The van der Waals surface area contributed by atoms with E-state index in [4.69, 9.17) is 48.9 Å². The molecule has 0 spiro atoms. The summed E-state index contributed by atoms with van der Waals surface area (Å²) in [6, 6.07) is 75.1. The van der Waals surface area contributed by atoms with Crippen LogP contribution in [0.2, 0.25) is 0 Å². The van der Waals surface area contributed by atoms with Crippen molar-refractivity contribution in [3.63, 3.8) is 0 Å². The molecule has 0 bridgehead atoms. The maximum atomic E-state index is 13.7. The molecule has 32 heteroatoms. The van der Waals surface area contributed by atoms with Crippen LogP contribution >= 0.6 is 84.1 Å². The number of thioether (sulfide) groups is 2. The molecule has 128 heavy (non-hydrogen) atoms. The van der Waals surface area contributed by atoms with Crippen LogP contribution in [-0.4, -0.2) is 110 Å². The number of benzene rings is 9. The number of pyridine rings is 5. The Morgan fingerprint density at radius 2 is 0.844 bits per heavy atom. The Labute approximate surface area is 781 Å². The number of nitrogens with one attached hydrogen (secondary N) is 1. The number of esters is 2. The van der Waals surface area contributed by atoms with Crippen molar-refractivity contribution < 1.29 is 74.7 Å². The fourth-order valence-corrected chi connectivity index (χ4v) is 13.7. The van der Waals surface area contributed by atoms with Gasteiger partial charge in [-0.05, 0) is 211 Å². The number of carbonyl (C=O) groups excluding carboxylic acids is 2. The second kappa shape index (κ2) is 56.7. The average Bonchev–Trinajstić information content (AvgIpc) is 0.810. The van der Waals surface area contributed by atoms with Gasteiger partial charge in [0.2, 0.25) is 0 Å². The maximum absolute atomic E-state index is 13.7. The number of hydrogen-bond acceptors (Lipinski definition) is 22. The minimum absolute atomic E-state index is 0.167. The van der Waals surface area contributed by atoms with E-state index in [-0.39, 0.29) is 34.7 Å². The molecule has 0 unspecified atom stereocenters. The molecule has 0 aliphatic heterocycles. The molecule has 5 heterocycles. The van der Waals surface area contributed by atoms with E-state index in [1.807, 2.05) is 78.9 Å². The monoisotopic (exact) mass is 1980 g/mol. The SMILES string of the molecule is CCOC(=O)/C=C/c1cc(SCc2ccccc2)ccc1N.CCOC(=O)/C=C/c1cc(SCc2ccccc2)ccc1Nc1cnc(-c2cccc(F)c2)cc1OC.COc1cc(-c2cccc(F)c2)ncc1Br.COc1cc(-c2cccc(F)c2)ncc1Br.COc1ccnc(-c2cccc(F)c2)c1.COc1ccnc(Br)c1.OB(O)c1cccc(F)c1.[B]=NS. The molecular weight excluding hydrogens is 1890 g/mol. The number of hydrogen-bond donors (Lipinski definition) is 5. The van der Waals surface area contributed by atoms with Crippen molar-refractivity contribution in [2.75, 3.05) is 59.8 Å². The molecular formula is C96H87B2Br3F5N8O11S3. The van der Waals surface area contributed by atoms with E-state index in [1.165, 1.54) is 90.0 Å². The summed E-state index contributed by atoms with van der Waals surface area (Å²) >= 11 is 16.5. The zero-order valence-corrected chi connectivity index (χ0v) is 77.4. The van der Waals surface area contributed by atoms with Crippen LogP contribution in [0.1, 0.15) is 36.1 Å². The number of thiol groups is 1. The predicted molar refractivity (Wildman–Crippen MR) is 516 cm³/mol. The van der Waals surface area contributed by atoms with Crippen molar-refractivity contribution in [1.29, 1.82) is 0 Å². The van der Waals surface area contributed by atoms with E-state index in [9.17, 15) is 31.5 Å². The Bertz CT molecular complexity index is 5830. The van der Waals surface area contributed by atoms with Crippen molar-refractivity contribution in [2.24, 2.45) is 4.30 Å². The van der Waals surface area contributed by atoms with Crippen molar-refractivity contribution in [1.82, 2.24) is 24.9 Å². The van der Waals surface area contributed by atoms with Gasteiger partial charge >= 0.3 is 43.8 Å². The van der Waals surface area contributed by atoms with Crippen LogP contribution < -0.4 is 40.2 Å². The molecule has 0 aliphatic carbocycles. The Morgan fingerprint density at radius 3 is 1.24 bits per heavy atom. The van der Waals surface area contributed by atoms with Gasteiger partial charge in [0.05, 0.1) is 92.4 Å². The molecule has 657 valence electrons. The van der Waals surface area contributed by atoms with Gasteiger partial charge in [0.15, 0.2) is 0 Å². The van der Waals surface area contributed by atoms with Gasteiger partial charge in [-0.2, -0.15) is 0 Å². The Kier molecular flexibility index (Phi) is 45.6. The number of nitrogens with zero attached hydrogens (tertiary/aromatic N) is 6. The van der Waals surface area contributed by atoms with E-state index in [0.717, 1.165) is 80.2 Å². The standard InChI is InChI=1S/C30H27FN2O3S.C18H19NO2S.2C12H9BrFNO.C12H10FNO.C6H6BFO2.C6H6BrNO.BHNS/c1-3-36-30(34)15-12-23-17-25(37-20-21-8-5-4-6-9-21)13-14-26(23)33-28-19-32-27(18-29(28)35-2)22-10-7-11-24(31)16-22;1-2-21-18(20)11-8-15-12-16(9-10-17(15)19)22-13-14-6-4-3-5-7-14;2*1-16-12-6-11(15-7-10(12)13)8-3-2-4-9(14)5-8;1-15-11-5-6-14-12(8-11)9-3-2-4-10(13)7-9;8-6-3-1-2-5(4-6)7(9)10;1-9-5-2-3-8-6(7)4-5;1-2-3/h4-19,33H,3,20H2,1-2H3;3-12H,2,13,19H2,1H3;2*2-7H,1H3;2-8H,1H3;1-4,9-10H;2-4H,1H3;3H/b15-12+;11-8+;;;;;;. The Balaban J connectivity index is 0.000000214. The number of rotatable bonds is 24. The molecule has 9 aromatic carbocycles. The van der Waals surface area contributed by atoms with Crippen molar-refractivity contribution >= 4 is 146 Å². The first-order valence-corrected chi connectivity index (χ1v) is 43.3. The van der Waals surface area contributed by atoms with Gasteiger partial charge in [-0.25, -0.2) is 36.5 Å². The number of anilines is 3. The molecule has 0 aliphatic rings. The van der Waals surface area contributed by atoms with Crippen molar-refractivity contribution in [2.45, 2.75) is 35.1 Å². The molecule has 0 atom stereocenters. The molecule has 0 amide bonds. The summed E-state index contributed by atoms with van der Waals surface area (Å²) in [5.41, 5.74) is 17.8. The average molecular weight is 1980 g/mol. The fraction of sp³-hybridized carbons (Fsp3) is 0.115. The van der Waals surface area contributed by atoms with E-state index in [1.54, 1.807) is 201 Å². The third-order valence-electron chi connectivity index (χ3n) is 16.9. The van der Waals surface area contributed by atoms with E-state index in [2.05, 4.69) is 127 Å². The zero-order valence-electron chi connectivity index (χ0n) is 70.1. The third-order valence-corrected chi connectivity index (χ3v) is 20.7. The molecule has 5 aromatic heterocycles. The first-order valence-electron chi connectivity index (χ1n) is 38.5. The molecule has 0 saturated heterocycles. The normalized spacial score (nSPS) is 10.2. The molecule has 14 rings (SSSR count). The summed E-state index contributed by atoms with van der Waals surface area (Å²) in [4.78, 5) is 46.5. The number of carbonyl (C=O) groups is 2. The molecule has 1 radical (unpaired) electrons. The molecule has 14 aromatic rings. The van der Waals surface area contributed by atoms with Crippen LogP contribution in [0.5, 0.6) is 28.7 Å². The third kappa shape index (κ3) is 36.6. The van der Waals surface area contributed by atoms with Gasteiger partial charge in [-0.1, -0.05) is 121 Å². The van der Waals surface area contributed by atoms with Crippen LogP contribution in [0.15, 0.2) is 332 Å². The second-order valence-electron chi connectivity index (χ2n) is 25.7. The van der Waals surface area contributed by atoms with Gasteiger partial charge in [0.1, 0.15) is 62.4 Å². The molecule has 0 saturated carbocycles. The predicted octanol–water partition coefficient (Wildman–Crippen LogP) is 23.4. The number of ether oxygens (including phenoxy) is 7. The van der Waals surface area contributed by atoms with Crippen LogP contribution in [0.3, 0.4) is 0 Å². The van der Waals surface area contributed by atoms with Crippen molar-refractivity contribution in [3.05, 3.63) is 369 Å². The van der Waals surface area contributed by atoms with Crippen LogP contribution in [0.25, 0.3) is 57.2 Å². The number of aromatic nitrogens is 5. The first-order chi connectivity index (χ1) is 61.9. The summed E-state index contributed by atoms with van der Waals surface area (Å²) in [7, 11) is 10.7. The summed E-state index contributed by atoms with van der Waals surface area (Å²) in [5, 5.41) is 20.4. The van der Waals surface area contributed by atoms with Crippen LogP contribution in [-0.2, 0) is 30.6 Å². The number of nitrogens with two attached hydrogens (primary N) is 1. The van der Waals surface area contributed by atoms with E-state index < -0.39 is 18.9 Å². The summed E-state index contributed by atoms with van der Waals surface area (Å²) in [6.45, 7) is 4.22. The number of nitrogen functional groups attached to an aromatic ring is 1. The first kappa shape index (κ1) is 103. The molecule has 19 nitrogen and oxygen atoms in total. The summed E-state index contributed by atoms with van der Waals surface area (Å²) in [5.74, 6) is 2.77. The number of halogens is 8. The molecule has 0 fully saturated rings. The zero-order chi connectivity index (χ0) is 92.5. The van der Waals surface area contributed by atoms with Gasteiger partial charge < -0.3 is 54.3 Å². The van der Waals surface area contributed by atoms with E-state index in [0.29, 0.717) is 75.9 Å². The number of methoxy groups -OCH3 is 5. The Hall–Kier alpha value is -12.3. The van der Waals surface area contributed by atoms with Gasteiger partial charge in [0, 0.05) is 122 Å². The topological polar surface area (TPSA) is 254 Å². The fourth-order valence-electron chi connectivity index (χ4n) is 10.8. The quantitative estimate of drug-likeness (QED) is 0.00551. The Morgan fingerprint density at radius 1 is 0.453 bits per heavy atom. The summed E-state index contributed by atoms with van der Waals surface area (Å²) < 4.78 is 106. The van der Waals surface area contributed by atoms with Gasteiger partial charge in [0.25, 0.3) is 0 Å². The van der Waals surface area contributed by atoms with E-state index >= 15 is 0 Å². The second-order valence-corrected chi connectivity index (χ2v) is 30.6. The van der Waals surface area contributed by atoms with Crippen LogP contribution in [0, 0.1) is 29.1 Å². The van der Waals surface area contributed by atoms with Crippen LogP contribution in [0.4, 0.5) is 39.0 Å². The summed E-state index contributed by atoms with van der Waals surface area (Å²) in [6.07, 6.45) is 14.5. The minimum atomic E-state index is -1.59.